The van der Waals surface area contributed by atoms with Crippen molar-refractivity contribution in [2.24, 2.45) is 0 Å². The fourth-order valence-corrected chi connectivity index (χ4v) is 4.14. The van der Waals surface area contributed by atoms with Crippen LogP contribution in [0, 0.1) is 0 Å². The van der Waals surface area contributed by atoms with Gasteiger partial charge in [-0.15, -0.1) is 17.9 Å². The van der Waals surface area contributed by atoms with Gasteiger partial charge in [-0.3, -0.25) is 14.9 Å². The number of thiazole rings is 1. The smallest absolute Gasteiger partial charge is 0.265 e. The van der Waals surface area contributed by atoms with Crippen LogP contribution < -0.4 is 15.0 Å². The molecule has 0 bridgehead atoms. The van der Waals surface area contributed by atoms with Gasteiger partial charge in [-0.25, -0.2) is 4.98 Å². The number of aromatic nitrogens is 1. The van der Waals surface area contributed by atoms with Crippen molar-refractivity contribution >= 4 is 49.9 Å². The van der Waals surface area contributed by atoms with Gasteiger partial charge in [0, 0.05) is 22.0 Å². The predicted molar refractivity (Wildman–Crippen MR) is 118 cm³/mol. The summed E-state index contributed by atoms with van der Waals surface area (Å²) in [5, 5.41) is 5.18. The summed E-state index contributed by atoms with van der Waals surface area (Å²) in [5.74, 6) is 0.294. The Hall–Kier alpha value is -2.97. The average molecular weight is 470 g/mol. The van der Waals surface area contributed by atoms with E-state index < -0.39 is 0 Å². The van der Waals surface area contributed by atoms with E-state index in [0.717, 1.165) is 10.0 Å². The summed E-state index contributed by atoms with van der Waals surface area (Å²) < 4.78 is 6.23. The minimum atomic E-state index is -0.236. The van der Waals surface area contributed by atoms with Crippen molar-refractivity contribution in [2.75, 3.05) is 23.4 Å². The predicted octanol–water partition coefficient (Wildman–Crippen LogP) is 4.74. The molecule has 29 heavy (non-hydrogen) atoms. The molecule has 0 atom stereocenters. The second kappa shape index (κ2) is 8.18. The van der Waals surface area contributed by atoms with Gasteiger partial charge in [0.25, 0.3) is 11.8 Å². The molecule has 0 unspecified atom stereocenters. The van der Waals surface area contributed by atoms with Crippen LogP contribution in [0.4, 0.5) is 10.8 Å². The molecule has 0 radical (unpaired) electrons. The highest BCUT2D eigenvalue weighted by Gasteiger charge is 2.25. The SMILES string of the molecule is C=CCN1C(=O)COc2ccc(-c3csc(NC(=O)c4ccccc4Br)n3)cc21. The number of hydrogen-bond donors (Lipinski definition) is 1. The maximum atomic E-state index is 12.5. The van der Waals surface area contributed by atoms with E-state index >= 15 is 0 Å². The average Bonchev–Trinajstić information content (AvgIpc) is 3.18. The summed E-state index contributed by atoms with van der Waals surface area (Å²) in [6.45, 7) is 4.14. The van der Waals surface area contributed by atoms with Gasteiger partial charge in [-0.05, 0) is 46.3 Å². The van der Waals surface area contributed by atoms with E-state index in [0.29, 0.717) is 34.4 Å². The number of anilines is 2. The van der Waals surface area contributed by atoms with Crippen molar-refractivity contribution in [3.63, 3.8) is 0 Å². The minimum Gasteiger partial charge on any atom is -0.482 e. The first-order valence-corrected chi connectivity index (χ1v) is 10.4. The molecule has 2 aromatic carbocycles. The lowest BCUT2D eigenvalue weighted by Gasteiger charge is -2.28. The lowest BCUT2D eigenvalue weighted by Crippen LogP contribution is -2.38. The number of ether oxygens (including phenoxy) is 1. The summed E-state index contributed by atoms with van der Waals surface area (Å²) in [7, 11) is 0. The van der Waals surface area contributed by atoms with Crippen molar-refractivity contribution < 1.29 is 14.3 Å². The van der Waals surface area contributed by atoms with Crippen LogP contribution in [-0.4, -0.2) is 29.9 Å². The lowest BCUT2D eigenvalue weighted by atomic mass is 10.1. The molecule has 1 aliphatic heterocycles. The number of nitrogens with zero attached hydrogens (tertiary/aromatic N) is 2. The first-order valence-electron chi connectivity index (χ1n) is 8.76. The van der Waals surface area contributed by atoms with Gasteiger partial charge < -0.3 is 9.64 Å². The quantitative estimate of drug-likeness (QED) is 0.547. The molecule has 0 spiro atoms. The van der Waals surface area contributed by atoms with Crippen molar-refractivity contribution in [3.05, 3.63) is 70.5 Å². The Kier molecular flexibility index (Phi) is 5.46. The molecule has 0 aliphatic carbocycles. The topological polar surface area (TPSA) is 71.5 Å². The summed E-state index contributed by atoms with van der Waals surface area (Å²) in [6.07, 6.45) is 1.68. The normalized spacial score (nSPS) is 12.9. The Balaban J connectivity index is 1.59. The van der Waals surface area contributed by atoms with Crippen molar-refractivity contribution in [2.45, 2.75) is 0 Å². The number of carbonyl (C=O) groups is 2. The highest BCUT2D eigenvalue weighted by molar-refractivity contribution is 9.10. The number of carbonyl (C=O) groups excluding carboxylic acids is 2. The van der Waals surface area contributed by atoms with Crippen molar-refractivity contribution in [1.29, 1.82) is 0 Å². The first-order chi connectivity index (χ1) is 14.1. The number of hydrogen-bond acceptors (Lipinski definition) is 5. The molecule has 1 aromatic heterocycles. The van der Waals surface area contributed by atoms with E-state index in [1.54, 1.807) is 23.1 Å². The highest BCUT2D eigenvalue weighted by Crippen LogP contribution is 2.36. The first kappa shape index (κ1) is 19.4. The molecule has 0 saturated heterocycles. The second-order valence-corrected chi connectivity index (χ2v) is 7.95. The molecule has 3 aromatic rings. The molecule has 1 N–H and O–H groups in total. The van der Waals surface area contributed by atoms with E-state index in [1.165, 1.54) is 11.3 Å². The van der Waals surface area contributed by atoms with E-state index in [2.05, 4.69) is 32.8 Å². The molecule has 146 valence electrons. The van der Waals surface area contributed by atoms with Crippen LogP contribution in [0.25, 0.3) is 11.3 Å². The molecular weight excluding hydrogens is 454 g/mol. The number of halogens is 1. The highest BCUT2D eigenvalue weighted by atomic mass is 79.9. The van der Waals surface area contributed by atoms with Gasteiger partial charge in [0.05, 0.1) is 16.9 Å². The summed E-state index contributed by atoms with van der Waals surface area (Å²) in [6, 6.07) is 12.8. The molecule has 8 heteroatoms. The van der Waals surface area contributed by atoms with Crippen molar-refractivity contribution in [1.82, 2.24) is 4.98 Å². The van der Waals surface area contributed by atoms with Gasteiger partial charge >= 0.3 is 0 Å². The van der Waals surface area contributed by atoms with Crippen LogP contribution >= 0.6 is 27.3 Å². The summed E-state index contributed by atoms with van der Waals surface area (Å²) in [5.41, 5.74) is 2.75. The van der Waals surface area contributed by atoms with Crippen LogP contribution in [0.3, 0.4) is 0 Å². The summed E-state index contributed by atoms with van der Waals surface area (Å²) in [4.78, 5) is 30.8. The Labute approximate surface area is 180 Å². The number of fused-ring (bicyclic) bond motifs is 1. The van der Waals surface area contributed by atoms with Crippen LogP contribution in [0.2, 0.25) is 0 Å². The zero-order chi connectivity index (χ0) is 20.4. The Morgan fingerprint density at radius 3 is 2.97 bits per heavy atom. The van der Waals surface area contributed by atoms with Gasteiger partial charge in [0.15, 0.2) is 11.7 Å². The fraction of sp³-hybridized carbons (Fsp3) is 0.0952. The molecule has 4 rings (SSSR count). The van der Waals surface area contributed by atoms with Crippen molar-refractivity contribution in [3.8, 4) is 17.0 Å². The zero-order valence-electron chi connectivity index (χ0n) is 15.2. The Morgan fingerprint density at radius 2 is 2.17 bits per heavy atom. The number of rotatable bonds is 5. The molecular formula is C21H16BrN3O3S. The molecule has 2 heterocycles. The molecule has 2 amide bonds. The van der Waals surface area contributed by atoms with Gasteiger partial charge in [0.1, 0.15) is 5.75 Å². The number of benzene rings is 2. The van der Waals surface area contributed by atoms with Crippen LogP contribution in [0.5, 0.6) is 5.75 Å². The molecule has 1 aliphatic rings. The Bertz CT molecular complexity index is 1110. The van der Waals surface area contributed by atoms with Gasteiger partial charge in [-0.1, -0.05) is 18.2 Å². The van der Waals surface area contributed by atoms with Gasteiger partial charge in [-0.2, -0.15) is 0 Å². The van der Waals surface area contributed by atoms with Crippen LogP contribution in [0.15, 0.2) is 65.0 Å². The Morgan fingerprint density at radius 1 is 1.34 bits per heavy atom. The van der Waals surface area contributed by atoms with E-state index in [4.69, 9.17) is 4.74 Å². The second-order valence-electron chi connectivity index (χ2n) is 6.24. The van der Waals surface area contributed by atoms with Crippen LogP contribution in [0.1, 0.15) is 10.4 Å². The number of amides is 2. The monoisotopic (exact) mass is 469 g/mol. The maximum Gasteiger partial charge on any atom is 0.265 e. The van der Waals surface area contributed by atoms with E-state index in [9.17, 15) is 9.59 Å². The third-order valence-corrected chi connectivity index (χ3v) is 5.80. The minimum absolute atomic E-state index is 0.0160. The maximum absolute atomic E-state index is 12.5. The van der Waals surface area contributed by atoms with Crippen LogP contribution in [-0.2, 0) is 4.79 Å². The standard InChI is InChI=1S/C21H16BrN3O3S/c1-2-9-25-17-10-13(7-8-18(17)28-11-19(25)26)16-12-29-21(23-16)24-20(27)14-5-3-4-6-15(14)22/h2-8,10,12H,1,9,11H2,(H,23,24,27). The lowest BCUT2D eigenvalue weighted by molar-refractivity contribution is -0.121. The van der Waals surface area contributed by atoms with E-state index in [1.807, 2.05) is 35.7 Å². The molecule has 0 fully saturated rings. The summed E-state index contributed by atoms with van der Waals surface area (Å²) >= 11 is 4.72. The molecule has 6 nitrogen and oxygen atoms in total. The largest absolute Gasteiger partial charge is 0.482 e. The fourth-order valence-electron chi connectivity index (χ4n) is 2.96. The molecule has 0 saturated carbocycles. The third-order valence-electron chi connectivity index (χ3n) is 4.35. The van der Waals surface area contributed by atoms with Gasteiger partial charge in [0.2, 0.25) is 0 Å². The third kappa shape index (κ3) is 3.94. The zero-order valence-corrected chi connectivity index (χ0v) is 17.6. The van der Waals surface area contributed by atoms with E-state index in [-0.39, 0.29) is 18.4 Å². The number of nitrogens with one attached hydrogen (secondary N) is 1.